The number of rotatable bonds is 6. The molecule has 0 bridgehead atoms. The number of allylic oxidation sites excluding steroid dienone is 8. The highest BCUT2D eigenvalue weighted by Crippen LogP contribution is 2.28. The van der Waals surface area contributed by atoms with Crippen molar-refractivity contribution in [3.8, 4) is 0 Å². The normalized spacial score (nSPS) is 12.9. The molecule has 1 nitrogen and oxygen atoms in total. The molecule has 0 radical (unpaired) electrons. The first-order valence-corrected chi connectivity index (χ1v) is 9.65. The van der Waals surface area contributed by atoms with E-state index in [1.807, 2.05) is 26.1 Å². The monoisotopic (exact) mass is 369 g/mol. The molecule has 0 aliphatic carbocycles. The lowest BCUT2D eigenvalue weighted by atomic mass is 9.93. The van der Waals surface area contributed by atoms with E-state index in [-0.39, 0.29) is 0 Å². The Hall–Kier alpha value is -2.93. The number of pyridine rings is 1. The molecule has 0 spiro atoms. The van der Waals surface area contributed by atoms with Gasteiger partial charge in [-0.25, -0.2) is 0 Å². The van der Waals surface area contributed by atoms with Crippen molar-refractivity contribution in [1.82, 2.24) is 4.98 Å². The van der Waals surface area contributed by atoms with Crippen molar-refractivity contribution in [1.29, 1.82) is 0 Å². The van der Waals surface area contributed by atoms with Crippen LogP contribution in [-0.4, -0.2) is 4.98 Å². The van der Waals surface area contributed by atoms with Gasteiger partial charge in [-0.2, -0.15) is 0 Å². The number of aromatic nitrogens is 1. The van der Waals surface area contributed by atoms with Crippen LogP contribution in [0.3, 0.4) is 0 Å². The van der Waals surface area contributed by atoms with Crippen molar-refractivity contribution < 1.29 is 0 Å². The Morgan fingerprint density at radius 2 is 1.61 bits per heavy atom. The van der Waals surface area contributed by atoms with Gasteiger partial charge in [0.2, 0.25) is 0 Å². The van der Waals surface area contributed by atoms with Gasteiger partial charge in [0.15, 0.2) is 0 Å². The molecule has 0 atom stereocenters. The molecular formula is C27H31N. The van der Waals surface area contributed by atoms with E-state index in [0.717, 1.165) is 28.0 Å². The van der Waals surface area contributed by atoms with Gasteiger partial charge in [0.1, 0.15) is 0 Å². The fourth-order valence-electron chi connectivity index (χ4n) is 3.01. The molecule has 2 aromatic rings. The molecule has 0 saturated carbocycles. The largest absolute Gasteiger partial charge is 0.256 e. The minimum Gasteiger partial charge on any atom is -0.256 e. The minimum atomic E-state index is 0.956. The molecule has 1 aromatic carbocycles. The van der Waals surface area contributed by atoms with Crippen LogP contribution in [0.25, 0.3) is 16.7 Å². The predicted molar refractivity (Wildman–Crippen MR) is 125 cm³/mol. The third-order valence-corrected chi connectivity index (χ3v) is 5.09. The van der Waals surface area contributed by atoms with Crippen molar-refractivity contribution in [2.75, 3.05) is 0 Å². The Bertz CT molecular complexity index is 979. The lowest BCUT2D eigenvalue weighted by Crippen LogP contribution is -1.93. The molecule has 0 fully saturated rings. The second-order valence-corrected chi connectivity index (χ2v) is 7.40. The van der Waals surface area contributed by atoms with Crippen molar-refractivity contribution >= 4 is 16.7 Å². The zero-order valence-electron chi connectivity index (χ0n) is 18.1. The van der Waals surface area contributed by atoms with Crippen LogP contribution in [0.5, 0.6) is 0 Å². The SMILES string of the molecule is C=C(/C=C(\C)c1ccc(C(=C)C)cn1)/C(C)=C(\C=C/C)c1ccc(C)c(C)c1. The van der Waals surface area contributed by atoms with Gasteiger partial charge in [-0.15, -0.1) is 0 Å². The quantitative estimate of drug-likeness (QED) is 0.474. The summed E-state index contributed by atoms with van der Waals surface area (Å²) in [5.41, 5.74) is 11.3. The van der Waals surface area contributed by atoms with Crippen LogP contribution in [0.2, 0.25) is 0 Å². The highest BCUT2D eigenvalue weighted by molar-refractivity contribution is 5.81. The van der Waals surface area contributed by atoms with Crippen molar-refractivity contribution in [2.45, 2.75) is 41.5 Å². The highest BCUT2D eigenvalue weighted by Gasteiger charge is 2.08. The Labute approximate surface area is 170 Å². The standard InChI is InChI=1S/C27H31N/c1-9-10-26(24-12-11-19(4)20(5)16-24)23(8)21(6)15-22(7)27-14-13-25(17-28-27)18(2)3/h9-17H,2,6H2,1,3-5,7-8H3/b10-9-,22-15+,26-23+. The van der Waals surface area contributed by atoms with Crippen LogP contribution < -0.4 is 0 Å². The van der Waals surface area contributed by atoms with Gasteiger partial charge < -0.3 is 0 Å². The summed E-state index contributed by atoms with van der Waals surface area (Å²) in [7, 11) is 0. The third kappa shape index (κ3) is 5.07. The van der Waals surface area contributed by atoms with Gasteiger partial charge in [-0.05, 0) is 97.7 Å². The Kier molecular flexibility index (Phi) is 7.12. The smallest absolute Gasteiger partial charge is 0.0659 e. The van der Waals surface area contributed by atoms with Crippen molar-refractivity contribution in [2.24, 2.45) is 0 Å². The first kappa shape index (κ1) is 21.4. The lowest BCUT2D eigenvalue weighted by molar-refractivity contribution is 1.25. The number of hydrogen-bond acceptors (Lipinski definition) is 1. The molecule has 0 amide bonds. The van der Waals surface area contributed by atoms with Crippen LogP contribution in [0.4, 0.5) is 0 Å². The van der Waals surface area contributed by atoms with Crippen LogP contribution in [0.1, 0.15) is 55.6 Å². The molecule has 144 valence electrons. The second-order valence-electron chi connectivity index (χ2n) is 7.40. The average Bonchev–Trinajstić information content (AvgIpc) is 2.67. The van der Waals surface area contributed by atoms with E-state index in [1.54, 1.807) is 0 Å². The maximum atomic E-state index is 4.57. The van der Waals surface area contributed by atoms with Crippen molar-refractivity contribution in [3.05, 3.63) is 107 Å². The second kappa shape index (κ2) is 9.32. The topological polar surface area (TPSA) is 12.9 Å². The number of aryl methyl sites for hydroxylation is 2. The summed E-state index contributed by atoms with van der Waals surface area (Å²) in [6.07, 6.45) is 8.23. The Morgan fingerprint density at radius 3 is 2.14 bits per heavy atom. The zero-order valence-corrected chi connectivity index (χ0v) is 18.1. The molecule has 28 heavy (non-hydrogen) atoms. The summed E-state index contributed by atoms with van der Waals surface area (Å²) in [6, 6.07) is 10.7. The average molecular weight is 370 g/mol. The van der Waals surface area contributed by atoms with E-state index in [9.17, 15) is 0 Å². The molecule has 0 aliphatic rings. The highest BCUT2D eigenvalue weighted by atomic mass is 14.7. The van der Waals surface area contributed by atoms with Gasteiger partial charge in [0.05, 0.1) is 5.69 Å². The first-order chi connectivity index (χ1) is 13.2. The first-order valence-electron chi connectivity index (χ1n) is 9.65. The summed E-state index contributed by atoms with van der Waals surface area (Å²) in [5.74, 6) is 0. The number of hydrogen-bond donors (Lipinski definition) is 0. The summed E-state index contributed by atoms with van der Waals surface area (Å²) in [5, 5.41) is 0. The van der Waals surface area contributed by atoms with E-state index in [1.165, 1.54) is 27.8 Å². The van der Waals surface area contributed by atoms with E-state index in [2.05, 4.69) is 88.3 Å². The van der Waals surface area contributed by atoms with Crippen molar-refractivity contribution in [3.63, 3.8) is 0 Å². The number of nitrogens with zero attached hydrogens (tertiary/aromatic N) is 1. The Morgan fingerprint density at radius 1 is 0.929 bits per heavy atom. The minimum absolute atomic E-state index is 0.956. The van der Waals surface area contributed by atoms with E-state index < -0.39 is 0 Å². The fraction of sp³-hybridized carbons (Fsp3) is 0.222. The zero-order chi connectivity index (χ0) is 20.8. The maximum absolute atomic E-state index is 4.57. The van der Waals surface area contributed by atoms with E-state index in [4.69, 9.17) is 0 Å². The van der Waals surface area contributed by atoms with Crippen LogP contribution >= 0.6 is 0 Å². The van der Waals surface area contributed by atoms with Crippen LogP contribution in [0.15, 0.2) is 79.1 Å². The van der Waals surface area contributed by atoms with Gasteiger partial charge in [0.25, 0.3) is 0 Å². The van der Waals surface area contributed by atoms with Gasteiger partial charge >= 0.3 is 0 Å². The molecule has 0 saturated heterocycles. The molecule has 1 heteroatoms. The summed E-state index contributed by atoms with van der Waals surface area (Å²) < 4.78 is 0. The van der Waals surface area contributed by atoms with E-state index in [0.29, 0.717) is 0 Å². The molecule has 2 rings (SSSR count). The summed E-state index contributed by atoms with van der Waals surface area (Å²) in [6.45, 7) is 20.8. The molecule has 1 heterocycles. The lowest BCUT2D eigenvalue weighted by Gasteiger charge is -2.12. The van der Waals surface area contributed by atoms with Gasteiger partial charge in [-0.3, -0.25) is 4.98 Å². The molecular weight excluding hydrogens is 338 g/mol. The predicted octanol–water partition coefficient (Wildman–Crippen LogP) is 7.74. The maximum Gasteiger partial charge on any atom is 0.0659 e. The summed E-state index contributed by atoms with van der Waals surface area (Å²) in [4.78, 5) is 4.57. The van der Waals surface area contributed by atoms with Gasteiger partial charge in [0, 0.05) is 6.20 Å². The summed E-state index contributed by atoms with van der Waals surface area (Å²) >= 11 is 0. The van der Waals surface area contributed by atoms with Gasteiger partial charge in [-0.1, -0.05) is 55.7 Å². The molecule has 1 aromatic heterocycles. The fourth-order valence-corrected chi connectivity index (χ4v) is 3.01. The Balaban J connectivity index is 2.41. The molecule has 0 aliphatic heterocycles. The molecule has 0 unspecified atom stereocenters. The van der Waals surface area contributed by atoms with Crippen LogP contribution in [0, 0.1) is 13.8 Å². The molecule has 0 N–H and O–H groups in total. The number of benzene rings is 1. The van der Waals surface area contributed by atoms with Crippen LogP contribution in [-0.2, 0) is 0 Å². The van der Waals surface area contributed by atoms with E-state index >= 15 is 0 Å². The third-order valence-electron chi connectivity index (χ3n) is 5.09.